The van der Waals surface area contributed by atoms with Gasteiger partial charge in [-0.05, 0) is 61.0 Å². The monoisotopic (exact) mass is 271 g/mol. The first kappa shape index (κ1) is 18.1. The number of rotatable bonds is 10. The number of ketones is 1. The van der Waals surface area contributed by atoms with Crippen molar-refractivity contribution in [2.75, 3.05) is 54.4 Å². The second-order valence-corrected chi connectivity index (χ2v) is 5.57. The van der Waals surface area contributed by atoms with Crippen LogP contribution in [0.3, 0.4) is 0 Å². The summed E-state index contributed by atoms with van der Waals surface area (Å²) in [7, 11) is 8.09. The van der Waals surface area contributed by atoms with E-state index in [0.29, 0.717) is 0 Å². The van der Waals surface area contributed by atoms with Gasteiger partial charge in [0.1, 0.15) is 5.78 Å². The lowest BCUT2D eigenvalue weighted by molar-refractivity contribution is -0.135. The number of hydrogen-bond acceptors (Lipinski definition) is 4. The lowest BCUT2D eigenvalue weighted by Gasteiger charge is -2.24. The summed E-state index contributed by atoms with van der Waals surface area (Å²) >= 11 is 0. The van der Waals surface area contributed by atoms with Gasteiger partial charge in [0.2, 0.25) is 5.91 Å². The predicted octanol–water partition coefficient (Wildman–Crippen LogP) is 0.698. The third-order valence-corrected chi connectivity index (χ3v) is 2.82. The van der Waals surface area contributed by atoms with Gasteiger partial charge in [0.15, 0.2) is 0 Å². The Bertz CT molecular complexity index is 264. The first-order valence-corrected chi connectivity index (χ1v) is 6.89. The molecular weight excluding hydrogens is 242 g/mol. The van der Waals surface area contributed by atoms with Crippen LogP contribution in [0.15, 0.2) is 0 Å². The van der Waals surface area contributed by atoms with Crippen LogP contribution in [0.4, 0.5) is 0 Å². The Balaban J connectivity index is 4.20. The zero-order valence-corrected chi connectivity index (χ0v) is 13.1. The van der Waals surface area contributed by atoms with Crippen LogP contribution in [-0.2, 0) is 9.59 Å². The quantitative estimate of drug-likeness (QED) is 0.549. The fourth-order valence-corrected chi connectivity index (χ4v) is 1.84. The Kier molecular flexibility index (Phi) is 9.43. The Morgan fingerprint density at radius 1 is 0.789 bits per heavy atom. The Labute approximate surface area is 117 Å². The van der Waals surface area contributed by atoms with Crippen molar-refractivity contribution in [2.45, 2.75) is 26.2 Å². The van der Waals surface area contributed by atoms with E-state index in [2.05, 4.69) is 9.80 Å². The average molecular weight is 271 g/mol. The highest BCUT2D eigenvalue weighted by Gasteiger charge is 2.14. The summed E-state index contributed by atoms with van der Waals surface area (Å²) in [6.07, 6.45) is 1.92. The summed E-state index contributed by atoms with van der Waals surface area (Å²) in [5, 5.41) is 0. The molecule has 0 unspecified atom stereocenters. The molecule has 0 N–H and O–H groups in total. The second kappa shape index (κ2) is 9.92. The Morgan fingerprint density at radius 3 is 1.53 bits per heavy atom. The largest absolute Gasteiger partial charge is 0.342 e. The van der Waals surface area contributed by atoms with E-state index in [4.69, 9.17) is 0 Å². The van der Waals surface area contributed by atoms with E-state index in [0.717, 1.165) is 39.0 Å². The molecule has 5 nitrogen and oxygen atoms in total. The van der Waals surface area contributed by atoms with Gasteiger partial charge in [0.25, 0.3) is 0 Å². The van der Waals surface area contributed by atoms with E-state index in [9.17, 15) is 9.59 Å². The third kappa shape index (κ3) is 10.7. The van der Waals surface area contributed by atoms with Crippen LogP contribution < -0.4 is 0 Å². The minimum absolute atomic E-state index is 0.0317. The first-order chi connectivity index (χ1) is 8.82. The maximum absolute atomic E-state index is 12.0. The van der Waals surface area contributed by atoms with Gasteiger partial charge in [-0.2, -0.15) is 0 Å². The molecule has 1 amide bonds. The van der Waals surface area contributed by atoms with Crippen molar-refractivity contribution in [3.8, 4) is 0 Å². The van der Waals surface area contributed by atoms with Crippen molar-refractivity contribution in [1.82, 2.24) is 14.7 Å². The van der Waals surface area contributed by atoms with Gasteiger partial charge in [-0.15, -0.1) is 0 Å². The highest BCUT2D eigenvalue weighted by Crippen LogP contribution is 2.01. The molecule has 0 aromatic heterocycles. The van der Waals surface area contributed by atoms with Gasteiger partial charge in [-0.25, -0.2) is 0 Å². The van der Waals surface area contributed by atoms with Gasteiger partial charge in [0.05, 0.1) is 6.42 Å². The van der Waals surface area contributed by atoms with Crippen LogP contribution in [0.5, 0.6) is 0 Å². The summed E-state index contributed by atoms with van der Waals surface area (Å²) in [5.41, 5.74) is 0. The van der Waals surface area contributed by atoms with Crippen LogP contribution >= 0.6 is 0 Å². The molecule has 0 aliphatic rings. The second-order valence-electron chi connectivity index (χ2n) is 5.57. The highest BCUT2D eigenvalue weighted by molar-refractivity contribution is 5.96. The molecule has 0 fully saturated rings. The van der Waals surface area contributed by atoms with E-state index in [1.165, 1.54) is 6.92 Å². The molecule has 0 aliphatic heterocycles. The molecule has 19 heavy (non-hydrogen) atoms. The van der Waals surface area contributed by atoms with E-state index in [1.54, 1.807) is 0 Å². The molecular formula is C14H29N3O2. The minimum Gasteiger partial charge on any atom is -0.342 e. The number of amides is 1. The molecule has 0 bridgehead atoms. The summed E-state index contributed by atoms with van der Waals surface area (Å²) in [5.74, 6) is -0.0970. The van der Waals surface area contributed by atoms with Crippen LogP contribution in [0.1, 0.15) is 26.2 Å². The number of hydrogen-bond donors (Lipinski definition) is 0. The number of nitrogens with zero attached hydrogens (tertiary/aromatic N) is 3. The van der Waals surface area contributed by atoms with E-state index < -0.39 is 0 Å². The normalized spacial score (nSPS) is 11.1. The topological polar surface area (TPSA) is 43.9 Å². The predicted molar refractivity (Wildman–Crippen MR) is 78.2 cm³/mol. The molecule has 0 saturated carbocycles. The van der Waals surface area contributed by atoms with Crippen molar-refractivity contribution in [3.63, 3.8) is 0 Å². The summed E-state index contributed by atoms with van der Waals surface area (Å²) in [6.45, 7) is 4.85. The molecule has 0 aromatic carbocycles. The van der Waals surface area contributed by atoms with Crippen molar-refractivity contribution >= 4 is 11.7 Å². The van der Waals surface area contributed by atoms with Crippen LogP contribution in [0.2, 0.25) is 0 Å². The van der Waals surface area contributed by atoms with Crippen molar-refractivity contribution in [1.29, 1.82) is 0 Å². The molecule has 0 aromatic rings. The SMILES string of the molecule is CC(=O)CC(=O)N(CCCN(C)C)CCCN(C)C. The smallest absolute Gasteiger partial charge is 0.230 e. The lowest BCUT2D eigenvalue weighted by atomic mass is 10.2. The summed E-state index contributed by atoms with van der Waals surface area (Å²) < 4.78 is 0. The van der Waals surface area contributed by atoms with Gasteiger partial charge < -0.3 is 14.7 Å². The van der Waals surface area contributed by atoms with E-state index in [1.807, 2.05) is 33.1 Å². The van der Waals surface area contributed by atoms with Gasteiger partial charge in [0, 0.05) is 13.1 Å². The van der Waals surface area contributed by atoms with Crippen molar-refractivity contribution < 1.29 is 9.59 Å². The number of carbonyl (C=O) groups is 2. The fraction of sp³-hybridized carbons (Fsp3) is 0.857. The molecule has 0 saturated heterocycles. The fourth-order valence-electron chi connectivity index (χ4n) is 1.84. The summed E-state index contributed by atoms with van der Waals surface area (Å²) in [4.78, 5) is 29.1. The molecule has 112 valence electrons. The Hall–Kier alpha value is -0.940. The van der Waals surface area contributed by atoms with Gasteiger partial charge in [-0.3, -0.25) is 9.59 Å². The van der Waals surface area contributed by atoms with Crippen LogP contribution in [0, 0.1) is 0 Å². The first-order valence-electron chi connectivity index (χ1n) is 6.89. The van der Waals surface area contributed by atoms with Crippen molar-refractivity contribution in [3.05, 3.63) is 0 Å². The minimum atomic E-state index is -0.0600. The highest BCUT2D eigenvalue weighted by atomic mass is 16.2. The molecule has 0 spiro atoms. The third-order valence-electron chi connectivity index (χ3n) is 2.82. The maximum atomic E-state index is 12.0. The average Bonchev–Trinajstić information content (AvgIpc) is 2.25. The lowest BCUT2D eigenvalue weighted by Crippen LogP contribution is -2.36. The Morgan fingerprint density at radius 2 is 1.21 bits per heavy atom. The zero-order chi connectivity index (χ0) is 14.8. The van der Waals surface area contributed by atoms with E-state index in [-0.39, 0.29) is 18.1 Å². The van der Waals surface area contributed by atoms with Gasteiger partial charge >= 0.3 is 0 Å². The van der Waals surface area contributed by atoms with E-state index >= 15 is 0 Å². The maximum Gasteiger partial charge on any atom is 0.230 e. The molecule has 0 radical (unpaired) electrons. The summed E-state index contributed by atoms with van der Waals surface area (Å²) in [6, 6.07) is 0. The van der Waals surface area contributed by atoms with Gasteiger partial charge in [-0.1, -0.05) is 0 Å². The molecule has 0 atom stereocenters. The standard InChI is InChI=1S/C14H29N3O2/c1-13(18)12-14(19)17(10-6-8-15(2)3)11-7-9-16(4)5/h6-12H2,1-5H3. The molecule has 0 rings (SSSR count). The number of Topliss-reactive ketones (excluding diaryl/α,β-unsaturated/α-hetero) is 1. The van der Waals surface area contributed by atoms with Crippen LogP contribution in [0.25, 0.3) is 0 Å². The van der Waals surface area contributed by atoms with Crippen molar-refractivity contribution in [2.24, 2.45) is 0 Å². The molecule has 0 aliphatic carbocycles. The number of carbonyl (C=O) groups excluding carboxylic acids is 2. The molecule has 5 heteroatoms. The zero-order valence-electron chi connectivity index (χ0n) is 13.1. The molecule has 0 heterocycles. The van der Waals surface area contributed by atoms with Crippen LogP contribution in [-0.4, -0.2) is 80.8 Å².